The lowest BCUT2D eigenvalue weighted by Crippen LogP contribution is -2.50. The van der Waals surface area contributed by atoms with E-state index in [0.717, 1.165) is 39.1 Å². The van der Waals surface area contributed by atoms with Crippen LogP contribution in [0.3, 0.4) is 0 Å². The fraction of sp³-hybridized carbons (Fsp3) is 0.615. The average Bonchev–Trinajstić information content (AvgIpc) is 2.91. The molecule has 0 N–H and O–H groups in total. The van der Waals surface area contributed by atoms with Crippen LogP contribution in [0.1, 0.15) is 18.2 Å². The number of thiophene rings is 1. The van der Waals surface area contributed by atoms with Gasteiger partial charge in [0.15, 0.2) is 0 Å². The van der Waals surface area contributed by atoms with Crippen LogP contribution in [0, 0.1) is 0 Å². The van der Waals surface area contributed by atoms with E-state index >= 15 is 0 Å². The maximum atomic E-state index is 12.0. The van der Waals surface area contributed by atoms with Crippen molar-refractivity contribution in [2.75, 3.05) is 26.2 Å². The number of hydrogen-bond donors (Lipinski definition) is 0. The molecule has 1 aliphatic rings. The summed E-state index contributed by atoms with van der Waals surface area (Å²) in [6.45, 7) is 6.72. The predicted octanol–water partition coefficient (Wildman–Crippen LogP) is 2.57. The normalized spacial score (nSPS) is 18.9. The maximum absolute atomic E-state index is 12.0. The summed E-state index contributed by atoms with van der Waals surface area (Å²) in [5, 5.41) is 2.12. The zero-order valence-electron chi connectivity index (χ0n) is 10.6. The molecule has 0 aliphatic carbocycles. The number of hydrogen-bond acceptors (Lipinski definition) is 3. The zero-order valence-corrected chi connectivity index (χ0v) is 13.0. The van der Waals surface area contributed by atoms with Gasteiger partial charge in [0.2, 0.25) is 5.91 Å². The fourth-order valence-electron chi connectivity index (χ4n) is 2.12. The van der Waals surface area contributed by atoms with Crippen LogP contribution < -0.4 is 0 Å². The molecule has 1 atom stereocenters. The standard InChI is InChI=1S/C13H19BrN2OS/c1-2-12(14)13(17)16-7-5-15(6-8-16)10-11-4-3-9-18-11/h3-4,9,12H,2,5-8,10H2,1H3. The van der Waals surface area contributed by atoms with E-state index < -0.39 is 0 Å². The number of carbonyl (C=O) groups excluding carboxylic acids is 1. The molecular formula is C13H19BrN2OS. The molecule has 0 aromatic carbocycles. The van der Waals surface area contributed by atoms with Gasteiger partial charge in [-0.3, -0.25) is 9.69 Å². The van der Waals surface area contributed by atoms with Crippen LogP contribution in [0.4, 0.5) is 0 Å². The quantitative estimate of drug-likeness (QED) is 0.792. The van der Waals surface area contributed by atoms with Gasteiger partial charge in [-0.1, -0.05) is 28.9 Å². The Balaban J connectivity index is 1.79. The van der Waals surface area contributed by atoms with Crippen molar-refractivity contribution in [1.82, 2.24) is 9.80 Å². The van der Waals surface area contributed by atoms with Gasteiger partial charge in [0.1, 0.15) is 0 Å². The van der Waals surface area contributed by atoms with Crippen LogP contribution in [-0.4, -0.2) is 46.7 Å². The largest absolute Gasteiger partial charge is 0.339 e. The van der Waals surface area contributed by atoms with Crippen molar-refractivity contribution in [2.45, 2.75) is 24.7 Å². The first-order valence-corrected chi connectivity index (χ1v) is 8.18. The Bertz CT molecular complexity index is 374. The molecule has 0 bridgehead atoms. The van der Waals surface area contributed by atoms with E-state index in [2.05, 4.69) is 38.3 Å². The molecule has 1 saturated heterocycles. The topological polar surface area (TPSA) is 23.6 Å². The van der Waals surface area contributed by atoms with Crippen molar-refractivity contribution < 1.29 is 4.79 Å². The third kappa shape index (κ3) is 3.56. The Hall–Kier alpha value is -0.390. The van der Waals surface area contributed by atoms with Gasteiger partial charge in [-0.05, 0) is 17.9 Å². The Morgan fingerprint density at radius 3 is 2.72 bits per heavy atom. The minimum Gasteiger partial charge on any atom is -0.339 e. The van der Waals surface area contributed by atoms with E-state index in [1.165, 1.54) is 4.88 Å². The van der Waals surface area contributed by atoms with Gasteiger partial charge in [-0.25, -0.2) is 0 Å². The van der Waals surface area contributed by atoms with E-state index in [-0.39, 0.29) is 10.7 Å². The first kappa shape index (κ1) is 14.0. The van der Waals surface area contributed by atoms with Crippen molar-refractivity contribution >= 4 is 33.2 Å². The van der Waals surface area contributed by atoms with Crippen molar-refractivity contribution in [3.05, 3.63) is 22.4 Å². The van der Waals surface area contributed by atoms with Gasteiger partial charge >= 0.3 is 0 Å². The van der Waals surface area contributed by atoms with Gasteiger partial charge in [0.05, 0.1) is 4.83 Å². The molecule has 100 valence electrons. The highest BCUT2D eigenvalue weighted by atomic mass is 79.9. The number of amides is 1. The third-order valence-corrected chi connectivity index (χ3v) is 5.17. The summed E-state index contributed by atoms with van der Waals surface area (Å²) < 4.78 is 0. The lowest BCUT2D eigenvalue weighted by atomic mass is 10.2. The van der Waals surface area contributed by atoms with E-state index in [1.807, 2.05) is 11.8 Å². The summed E-state index contributed by atoms with van der Waals surface area (Å²) in [7, 11) is 0. The molecular weight excluding hydrogens is 312 g/mol. The van der Waals surface area contributed by atoms with Crippen LogP contribution in [0.5, 0.6) is 0 Å². The van der Waals surface area contributed by atoms with Crippen molar-refractivity contribution in [1.29, 1.82) is 0 Å². The molecule has 1 aromatic heterocycles. The second-order valence-electron chi connectivity index (χ2n) is 4.56. The van der Waals surface area contributed by atoms with Crippen LogP contribution in [0.2, 0.25) is 0 Å². The highest BCUT2D eigenvalue weighted by Gasteiger charge is 2.24. The van der Waals surface area contributed by atoms with Crippen LogP contribution >= 0.6 is 27.3 Å². The molecule has 1 aliphatic heterocycles. The number of nitrogens with zero attached hydrogens (tertiary/aromatic N) is 2. The maximum Gasteiger partial charge on any atom is 0.236 e. The van der Waals surface area contributed by atoms with E-state index in [4.69, 9.17) is 0 Å². The van der Waals surface area contributed by atoms with Gasteiger partial charge in [-0.15, -0.1) is 11.3 Å². The van der Waals surface area contributed by atoms with E-state index in [1.54, 1.807) is 11.3 Å². The molecule has 5 heteroatoms. The van der Waals surface area contributed by atoms with Crippen LogP contribution in [0.25, 0.3) is 0 Å². The molecule has 18 heavy (non-hydrogen) atoms. The molecule has 0 spiro atoms. The smallest absolute Gasteiger partial charge is 0.236 e. The summed E-state index contributed by atoms with van der Waals surface area (Å²) in [5.41, 5.74) is 0. The lowest BCUT2D eigenvalue weighted by Gasteiger charge is -2.35. The van der Waals surface area contributed by atoms with Gasteiger partial charge in [-0.2, -0.15) is 0 Å². The summed E-state index contributed by atoms with van der Waals surface area (Å²) in [5.74, 6) is 0.244. The average molecular weight is 331 g/mol. The van der Waals surface area contributed by atoms with Gasteiger partial charge < -0.3 is 4.90 Å². The van der Waals surface area contributed by atoms with E-state index in [9.17, 15) is 4.79 Å². The fourth-order valence-corrected chi connectivity index (χ4v) is 3.16. The van der Waals surface area contributed by atoms with Gasteiger partial charge in [0, 0.05) is 37.6 Å². The molecule has 0 radical (unpaired) electrons. The van der Waals surface area contributed by atoms with Crippen molar-refractivity contribution in [3.8, 4) is 0 Å². The summed E-state index contributed by atoms with van der Waals surface area (Å²) >= 11 is 5.24. The Kier molecular flexibility index (Phi) is 5.21. The summed E-state index contributed by atoms with van der Waals surface area (Å²) in [6, 6.07) is 4.27. The highest BCUT2D eigenvalue weighted by Crippen LogP contribution is 2.15. The number of alkyl halides is 1. The second kappa shape index (κ2) is 6.68. The minimum absolute atomic E-state index is 0.0126. The summed E-state index contributed by atoms with van der Waals surface area (Å²) in [6.07, 6.45) is 0.855. The molecule has 2 rings (SSSR count). The van der Waals surface area contributed by atoms with Crippen molar-refractivity contribution in [3.63, 3.8) is 0 Å². The molecule has 1 aromatic rings. The first-order valence-electron chi connectivity index (χ1n) is 6.38. The van der Waals surface area contributed by atoms with Crippen molar-refractivity contribution in [2.24, 2.45) is 0 Å². The predicted molar refractivity (Wildman–Crippen MR) is 79.2 cm³/mol. The number of rotatable bonds is 4. The Labute approximate surface area is 121 Å². The molecule has 2 heterocycles. The van der Waals surface area contributed by atoms with Crippen LogP contribution in [-0.2, 0) is 11.3 Å². The SMILES string of the molecule is CCC(Br)C(=O)N1CCN(Cc2cccs2)CC1. The number of piperazine rings is 1. The molecule has 3 nitrogen and oxygen atoms in total. The monoisotopic (exact) mass is 330 g/mol. The van der Waals surface area contributed by atoms with Crippen LogP contribution in [0.15, 0.2) is 17.5 Å². The Morgan fingerprint density at radius 1 is 1.44 bits per heavy atom. The lowest BCUT2D eigenvalue weighted by molar-refractivity contribution is -0.132. The van der Waals surface area contributed by atoms with Gasteiger partial charge in [0.25, 0.3) is 0 Å². The third-order valence-electron chi connectivity index (χ3n) is 3.27. The zero-order chi connectivity index (χ0) is 13.0. The second-order valence-corrected chi connectivity index (χ2v) is 6.69. The molecule has 1 unspecified atom stereocenters. The minimum atomic E-state index is -0.0126. The molecule has 0 saturated carbocycles. The highest BCUT2D eigenvalue weighted by molar-refractivity contribution is 9.10. The molecule has 1 fully saturated rings. The van der Waals surface area contributed by atoms with E-state index in [0.29, 0.717) is 0 Å². The number of carbonyl (C=O) groups is 1. The number of halogens is 1. The Morgan fingerprint density at radius 2 is 2.17 bits per heavy atom. The summed E-state index contributed by atoms with van der Waals surface area (Å²) in [4.78, 5) is 17.8. The first-order chi connectivity index (χ1) is 8.70. The molecule has 1 amide bonds.